The van der Waals surface area contributed by atoms with E-state index in [1.165, 1.54) is 0 Å². The van der Waals surface area contributed by atoms with Crippen molar-refractivity contribution in [3.8, 4) is 11.1 Å². The fourth-order valence-corrected chi connectivity index (χ4v) is 5.26. The van der Waals surface area contributed by atoms with Crippen LogP contribution >= 0.6 is 11.6 Å². The number of carboxylic acid groups (broad SMARTS) is 1. The summed E-state index contributed by atoms with van der Waals surface area (Å²) in [5.74, 6) is -1.16. The molecular weight excluding hydrogens is 426 g/mol. The molecule has 1 fully saturated rings. The monoisotopic (exact) mass is 447 g/mol. The Labute approximate surface area is 191 Å². The smallest absolute Gasteiger partial charge is 0.408 e. The van der Waals surface area contributed by atoms with E-state index < -0.39 is 17.6 Å². The van der Waals surface area contributed by atoms with Gasteiger partial charge in [0.2, 0.25) is 0 Å². The van der Waals surface area contributed by atoms with Gasteiger partial charge in [-0.15, -0.1) is 0 Å². The number of aliphatic carboxylic acids is 1. The van der Waals surface area contributed by atoms with Crippen molar-refractivity contribution in [2.24, 2.45) is 0 Å². The van der Waals surface area contributed by atoms with Crippen LogP contribution in [0.5, 0.6) is 0 Å². The van der Waals surface area contributed by atoms with E-state index in [1.807, 2.05) is 54.6 Å². The zero-order valence-electron chi connectivity index (χ0n) is 17.3. The van der Waals surface area contributed by atoms with Gasteiger partial charge in [-0.2, -0.15) is 0 Å². The third-order valence-corrected chi connectivity index (χ3v) is 6.97. The van der Waals surface area contributed by atoms with Crippen LogP contribution in [0.15, 0.2) is 72.8 Å². The Bertz CT molecular complexity index is 1160. The number of hydrogen-bond donors (Lipinski definition) is 2. The number of nitrogens with one attached hydrogen (secondary N) is 1. The first-order valence-corrected chi connectivity index (χ1v) is 11.0. The van der Waals surface area contributed by atoms with Crippen molar-refractivity contribution < 1.29 is 19.4 Å². The normalized spacial score (nSPS) is 21.2. The first kappa shape index (κ1) is 20.6. The second kappa shape index (κ2) is 7.99. The lowest BCUT2D eigenvalue weighted by atomic mass is 9.65. The van der Waals surface area contributed by atoms with Crippen LogP contribution in [0.4, 0.5) is 4.79 Å². The minimum Gasteiger partial charge on any atom is -0.480 e. The molecule has 2 aliphatic carbocycles. The number of carbonyl (C=O) groups is 2. The molecule has 0 spiro atoms. The molecule has 5 nitrogen and oxygen atoms in total. The third-order valence-electron chi connectivity index (χ3n) is 6.63. The minimum atomic E-state index is -1.34. The zero-order chi connectivity index (χ0) is 22.3. The molecule has 3 aromatic rings. The Hall–Kier alpha value is -3.31. The summed E-state index contributed by atoms with van der Waals surface area (Å²) in [6, 6.07) is 23.5. The van der Waals surface area contributed by atoms with Gasteiger partial charge in [0.05, 0.1) is 0 Å². The number of ether oxygens (including phenoxy) is 1. The summed E-state index contributed by atoms with van der Waals surface area (Å²) < 4.78 is 5.55. The molecule has 1 amide bonds. The third kappa shape index (κ3) is 3.43. The highest BCUT2D eigenvalue weighted by molar-refractivity contribution is 6.31. The molecule has 5 rings (SSSR count). The summed E-state index contributed by atoms with van der Waals surface area (Å²) >= 11 is 6.26. The first-order chi connectivity index (χ1) is 15.5. The van der Waals surface area contributed by atoms with Crippen LogP contribution in [0.1, 0.15) is 41.4 Å². The molecule has 32 heavy (non-hydrogen) atoms. The van der Waals surface area contributed by atoms with Crippen molar-refractivity contribution >= 4 is 23.7 Å². The van der Waals surface area contributed by atoms with E-state index >= 15 is 0 Å². The zero-order valence-corrected chi connectivity index (χ0v) is 18.0. The fraction of sp³-hybridized carbons (Fsp3) is 0.231. The number of benzene rings is 3. The Morgan fingerprint density at radius 2 is 1.44 bits per heavy atom. The van der Waals surface area contributed by atoms with Crippen molar-refractivity contribution in [1.29, 1.82) is 0 Å². The number of alkyl carbamates (subject to hydrolysis) is 1. The highest BCUT2D eigenvalue weighted by Gasteiger charge is 2.52. The van der Waals surface area contributed by atoms with Gasteiger partial charge in [0.25, 0.3) is 0 Å². The largest absolute Gasteiger partial charge is 0.480 e. The topological polar surface area (TPSA) is 75.6 Å². The van der Waals surface area contributed by atoms with E-state index in [9.17, 15) is 14.7 Å². The molecule has 2 aliphatic rings. The summed E-state index contributed by atoms with van der Waals surface area (Å²) in [5, 5.41) is 13.0. The molecule has 2 N–H and O–H groups in total. The lowest BCUT2D eigenvalue weighted by Crippen LogP contribution is -2.61. The Morgan fingerprint density at radius 1 is 0.906 bits per heavy atom. The van der Waals surface area contributed by atoms with Gasteiger partial charge in [0.15, 0.2) is 0 Å². The van der Waals surface area contributed by atoms with Crippen molar-refractivity contribution in [1.82, 2.24) is 5.32 Å². The quantitative estimate of drug-likeness (QED) is 0.535. The van der Waals surface area contributed by atoms with Crippen LogP contribution in [0.3, 0.4) is 0 Å². The van der Waals surface area contributed by atoms with E-state index in [-0.39, 0.29) is 31.3 Å². The minimum absolute atomic E-state index is 0.0197. The Balaban J connectivity index is 1.27. The van der Waals surface area contributed by atoms with Crippen LogP contribution in [0.25, 0.3) is 11.1 Å². The molecule has 162 valence electrons. The molecule has 0 aliphatic heterocycles. The molecule has 0 atom stereocenters. The number of amides is 1. The van der Waals surface area contributed by atoms with E-state index in [0.29, 0.717) is 5.02 Å². The van der Waals surface area contributed by atoms with E-state index in [2.05, 4.69) is 17.4 Å². The van der Waals surface area contributed by atoms with Gasteiger partial charge in [-0.1, -0.05) is 78.3 Å². The number of rotatable bonds is 5. The summed E-state index contributed by atoms with van der Waals surface area (Å²) in [6.07, 6.45) is -0.168. The average Bonchev–Trinajstić information content (AvgIpc) is 3.09. The van der Waals surface area contributed by atoms with Crippen molar-refractivity contribution in [2.45, 2.75) is 30.2 Å². The van der Waals surface area contributed by atoms with Crippen LogP contribution in [-0.4, -0.2) is 29.3 Å². The maximum absolute atomic E-state index is 12.6. The summed E-state index contributed by atoms with van der Waals surface area (Å²) in [6.45, 7) is 0.142. The molecule has 0 radical (unpaired) electrons. The number of carboxylic acids is 1. The molecule has 0 heterocycles. The number of halogens is 1. The van der Waals surface area contributed by atoms with E-state index in [0.717, 1.165) is 27.8 Å². The van der Waals surface area contributed by atoms with E-state index in [4.69, 9.17) is 16.3 Å². The Morgan fingerprint density at radius 3 is 2.00 bits per heavy atom. The number of fused-ring (bicyclic) bond motifs is 3. The van der Waals surface area contributed by atoms with Gasteiger partial charge in [-0.3, -0.25) is 0 Å². The molecule has 6 heteroatoms. The highest BCUT2D eigenvalue weighted by atomic mass is 35.5. The van der Waals surface area contributed by atoms with Gasteiger partial charge >= 0.3 is 12.1 Å². The second-order valence-corrected chi connectivity index (χ2v) is 8.87. The number of hydrogen-bond acceptors (Lipinski definition) is 3. The van der Waals surface area contributed by atoms with Crippen LogP contribution < -0.4 is 5.32 Å². The predicted molar refractivity (Wildman–Crippen MR) is 122 cm³/mol. The average molecular weight is 448 g/mol. The highest BCUT2D eigenvalue weighted by Crippen LogP contribution is 2.47. The van der Waals surface area contributed by atoms with Crippen LogP contribution in [0, 0.1) is 0 Å². The molecule has 3 aromatic carbocycles. The lowest BCUT2D eigenvalue weighted by molar-refractivity contribution is -0.149. The summed E-state index contributed by atoms with van der Waals surface area (Å²) in [7, 11) is 0. The van der Waals surface area contributed by atoms with Crippen molar-refractivity contribution in [2.75, 3.05) is 6.61 Å². The second-order valence-electron chi connectivity index (χ2n) is 8.46. The standard InChI is InChI=1S/C26H22ClNO4/c27-23-12-6-5-7-17(23)16-13-26(14-16,24(29)30)28-25(31)32-15-22-20-10-3-1-8-18(20)19-9-2-4-11-21(19)22/h1-12,16,22H,13-15H2,(H,28,31)(H,29,30). The van der Waals surface area contributed by atoms with Gasteiger partial charge in [-0.25, -0.2) is 9.59 Å². The van der Waals surface area contributed by atoms with Crippen LogP contribution in [-0.2, 0) is 9.53 Å². The van der Waals surface area contributed by atoms with Gasteiger partial charge < -0.3 is 15.2 Å². The maximum Gasteiger partial charge on any atom is 0.408 e. The summed E-state index contributed by atoms with van der Waals surface area (Å²) in [5.41, 5.74) is 4.06. The molecular formula is C26H22ClNO4. The Kier molecular flexibility index (Phi) is 5.14. The molecule has 0 unspecified atom stereocenters. The van der Waals surface area contributed by atoms with Crippen molar-refractivity contribution in [3.63, 3.8) is 0 Å². The maximum atomic E-state index is 12.6. The van der Waals surface area contributed by atoms with Gasteiger partial charge in [0.1, 0.15) is 12.1 Å². The molecule has 0 bridgehead atoms. The van der Waals surface area contributed by atoms with Gasteiger partial charge in [0, 0.05) is 10.9 Å². The summed E-state index contributed by atoms with van der Waals surface area (Å²) in [4.78, 5) is 24.6. The predicted octanol–water partition coefficient (Wildman–Crippen LogP) is 5.58. The first-order valence-electron chi connectivity index (χ1n) is 10.6. The fourth-order valence-electron chi connectivity index (χ4n) is 4.97. The van der Waals surface area contributed by atoms with Gasteiger partial charge in [-0.05, 0) is 52.6 Å². The van der Waals surface area contributed by atoms with Crippen molar-refractivity contribution in [3.05, 3.63) is 94.5 Å². The molecule has 0 saturated heterocycles. The molecule has 0 aromatic heterocycles. The van der Waals surface area contributed by atoms with Crippen LogP contribution in [0.2, 0.25) is 5.02 Å². The lowest BCUT2D eigenvalue weighted by Gasteiger charge is -2.44. The van der Waals surface area contributed by atoms with E-state index in [1.54, 1.807) is 6.07 Å². The molecule has 1 saturated carbocycles. The SMILES string of the molecule is O=C(NC1(C(=O)O)CC(c2ccccc2Cl)C1)OCC1c2ccccc2-c2ccccc21. The number of carbonyl (C=O) groups excluding carboxylic acids is 1.